The molecule has 1 nitrogen and oxygen atoms in total. The monoisotopic (exact) mass is 322 g/mol. The molecule has 1 heterocycles. The van der Waals surface area contributed by atoms with Crippen molar-refractivity contribution in [2.45, 2.75) is 0 Å². The Labute approximate surface area is 125 Å². The van der Waals surface area contributed by atoms with Crippen molar-refractivity contribution in [1.29, 1.82) is 0 Å². The van der Waals surface area contributed by atoms with Crippen LogP contribution in [0.25, 0.3) is 32.9 Å². The maximum absolute atomic E-state index is 5.85. The third-order valence-corrected chi connectivity index (χ3v) is 4.32. The van der Waals surface area contributed by atoms with Gasteiger partial charge in [-0.15, -0.1) is 0 Å². The number of fused-ring (bicyclic) bond motifs is 3. The van der Waals surface area contributed by atoms with E-state index >= 15 is 0 Å². The summed E-state index contributed by atoms with van der Waals surface area (Å²) in [6.45, 7) is 0. The SMILES string of the molecule is Brc1ccccc1-c1coc2c1ccc1ccccc12. The summed E-state index contributed by atoms with van der Waals surface area (Å²) in [6.07, 6.45) is 1.84. The van der Waals surface area contributed by atoms with Gasteiger partial charge in [-0.25, -0.2) is 0 Å². The maximum Gasteiger partial charge on any atom is 0.142 e. The minimum Gasteiger partial charge on any atom is -0.463 e. The van der Waals surface area contributed by atoms with E-state index in [0.717, 1.165) is 32.0 Å². The van der Waals surface area contributed by atoms with Gasteiger partial charge in [-0.3, -0.25) is 0 Å². The lowest BCUT2D eigenvalue weighted by Crippen LogP contribution is -1.78. The average Bonchev–Trinajstić information content (AvgIpc) is 2.92. The van der Waals surface area contributed by atoms with E-state index in [4.69, 9.17) is 4.42 Å². The molecule has 4 rings (SSSR count). The Morgan fingerprint density at radius 2 is 1.50 bits per heavy atom. The van der Waals surface area contributed by atoms with Crippen molar-refractivity contribution >= 4 is 37.7 Å². The van der Waals surface area contributed by atoms with Crippen LogP contribution in [0, 0.1) is 0 Å². The van der Waals surface area contributed by atoms with Crippen molar-refractivity contribution in [2.24, 2.45) is 0 Å². The molecule has 0 saturated carbocycles. The molecule has 0 bridgehead atoms. The first kappa shape index (κ1) is 11.7. The van der Waals surface area contributed by atoms with Gasteiger partial charge in [0.05, 0.1) is 6.26 Å². The summed E-state index contributed by atoms with van der Waals surface area (Å²) in [5.74, 6) is 0. The standard InChI is InChI=1S/C18H11BrO/c19-17-8-4-3-7-14(17)16-11-20-18-13-6-2-1-5-12(13)9-10-15(16)18/h1-11H. The molecule has 4 aromatic rings. The van der Waals surface area contributed by atoms with Gasteiger partial charge in [0.2, 0.25) is 0 Å². The Bertz CT molecular complexity index is 921. The summed E-state index contributed by atoms with van der Waals surface area (Å²) < 4.78 is 6.93. The van der Waals surface area contributed by atoms with Gasteiger partial charge in [0.15, 0.2) is 0 Å². The Morgan fingerprint density at radius 3 is 2.40 bits per heavy atom. The molecule has 0 aliphatic heterocycles. The summed E-state index contributed by atoms with van der Waals surface area (Å²) >= 11 is 3.61. The topological polar surface area (TPSA) is 13.1 Å². The number of furan rings is 1. The van der Waals surface area contributed by atoms with Gasteiger partial charge in [-0.1, -0.05) is 64.5 Å². The third-order valence-electron chi connectivity index (χ3n) is 3.63. The van der Waals surface area contributed by atoms with Gasteiger partial charge in [-0.05, 0) is 23.1 Å². The molecule has 0 unspecified atom stereocenters. The molecule has 0 spiro atoms. The number of halogens is 1. The van der Waals surface area contributed by atoms with Crippen LogP contribution in [0.2, 0.25) is 0 Å². The zero-order chi connectivity index (χ0) is 13.5. The summed E-state index contributed by atoms with van der Waals surface area (Å²) in [4.78, 5) is 0. The minimum atomic E-state index is 0.953. The highest BCUT2D eigenvalue weighted by molar-refractivity contribution is 9.10. The number of hydrogen-bond acceptors (Lipinski definition) is 1. The van der Waals surface area contributed by atoms with Crippen LogP contribution in [0.4, 0.5) is 0 Å². The highest BCUT2D eigenvalue weighted by Crippen LogP contribution is 2.37. The summed E-state index contributed by atoms with van der Waals surface area (Å²) in [6, 6.07) is 20.8. The second-order valence-corrected chi connectivity index (χ2v) is 5.65. The number of benzene rings is 3. The fourth-order valence-corrected chi connectivity index (χ4v) is 3.15. The molecule has 0 N–H and O–H groups in total. The maximum atomic E-state index is 5.85. The van der Waals surface area contributed by atoms with Crippen molar-refractivity contribution < 1.29 is 4.42 Å². The van der Waals surface area contributed by atoms with E-state index in [1.807, 2.05) is 30.5 Å². The van der Waals surface area contributed by atoms with E-state index in [-0.39, 0.29) is 0 Å². The van der Waals surface area contributed by atoms with Crippen LogP contribution in [0.1, 0.15) is 0 Å². The molecule has 0 amide bonds. The molecule has 0 radical (unpaired) electrons. The van der Waals surface area contributed by atoms with Crippen molar-refractivity contribution in [1.82, 2.24) is 0 Å². The van der Waals surface area contributed by atoms with E-state index in [2.05, 4.69) is 52.3 Å². The minimum absolute atomic E-state index is 0.953. The Morgan fingerprint density at radius 1 is 0.700 bits per heavy atom. The highest BCUT2D eigenvalue weighted by Gasteiger charge is 2.12. The van der Waals surface area contributed by atoms with Gasteiger partial charge in [0.1, 0.15) is 5.58 Å². The third kappa shape index (κ3) is 1.69. The smallest absolute Gasteiger partial charge is 0.142 e. The van der Waals surface area contributed by atoms with Crippen LogP contribution < -0.4 is 0 Å². The molecule has 0 atom stereocenters. The largest absolute Gasteiger partial charge is 0.463 e. The molecule has 1 aromatic heterocycles. The molecule has 3 aromatic carbocycles. The lowest BCUT2D eigenvalue weighted by atomic mass is 10.0. The first-order valence-electron chi connectivity index (χ1n) is 6.48. The van der Waals surface area contributed by atoms with Crippen LogP contribution in [0.15, 0.2) is 75.8 Å². The van der Waals surface area contributed by atoms with Crippen molar-refractivity contribution in [3.63, 3.8) is 0 Å². The molecule has 0 saturated heterocycles. The first-order chi connectivity index (χ1) is 9.84. The van der Waals surface area contributed by atoms with Crippen molar-refractivity contribution in [2.75, 3.05) is 0 Å². The van der Waals surface area contributed by atoms with Crippen LogP contribution in [-0.2, 0) is 0 Å². The summed E-state index contributed by atoms with van der Waals surface area (Å²) in [5, 5.41) is 3.51. The zero-order valence-electron chi connectivity index (χ0n) is 10.6. The molecule has 0 aliphatic carbocycles. The van der Waals surface area contributed by atoms with Crippen LogP contribution >= 0.6 is 15.9 Å². The van der Waals surface area contributed by atoms with Crippen LogP contribution in [-0.4, -0.2) is 0 Å². The first-order valence-corrected chi connectivity index (χ1v) is 7.28. The van der Waals surface area contributed by atoms with Gasteiger partial charge in [0, 0.05) is 20.8 Å². The fraction of sp³-hybridized carbons (Fsp3) is 0. The lowest BCUT2D eigenvalue weighted by Gasteiger charge is -2.02. The second-order valence-electron chi connectivity index (χ2n) is 4.79. The van der Waals surface area contributed by atoms with Crippen molar-refractivity contribution in [3.05, 3.63) is 71.4 Å². The van der Waals surface area contributed by atoms with E-state index in [1.165, 1.54) is 5.39 Å². The number of hydrogen-bond donors (Lipinski definition) is 0. The Balaban J connectivity index is 2.08. The zero-order valence-corrected chi connectivity index (χ0v) is 12.2. The summed E-state index contributed by atoms with van der Waals surface area (Å²) in [5.41, 5.74) is 3.23. The van der Waals surface area contributed by atoms with Gasteiger partial charge in [0.25, 0.3) is 0 Å². The molecule has 0 fully saturated rings. The average molecular weight is 323 g/mol. The van der Waals surface area contributed by atoms with Crippen LogP contribution in [0.5, 0.6) is 0 Å². The van der Waals surface area contributed by atoms with Gasteiger partial charge >= 0.3 is 0 Å². The molecular weight excluding hydrogens is 312 g/mol. The molecule has 2 heteroatoms. The van der Waals surface area contributed by atoms with Crippen molar-refractivity contribution in [3.8, 4) is 11.1 Å². The Hall–Kier alpha value is -2.06. The number of rotatable bonds is 1. The van der Waals surface area contributed by atoms with Crippen LogP contribution in [0.3, 0.4) is 0 Å². The highest BCUT2D eigenvalue weighted by atomic mass is 79.9. The van der Waals surface area contributed by atoms with E-state index in [9.17, 15) is 0 Å². The predicted molar refractivity (Wildman–Crippen MR) is 86.9 cm³/mol. The predicted octanol–water partition coefficient (Wildman–Crippen LogP) is 6.02. The molecule has 0 aliphatic rings. The molecular formula is C18H11BrO. The molecule has 96 valence electrons. The van der Waals surface area contributed by atoms with E-state index in [1.54, 1.807) is 0 Å². The molecule has 20 heavy (non-hydrogen) atoms. The van der Waals surface area contributed by atoms with E-state index < -0.39 is 0 Å². The summed E-state index contributed by atoms with van der Waals surface area (Å²) in [7, 11) is 0. The lowest BCUT2D eigenvalue weighted by molar-refractivity contribution is 0.620. The second kappa shape index (κ2) is 4.50. The normalized spacial score (nSPS) is 11.2. The quantitative estimate of drug-likeness (QED) is 0.418. The van der Waals surface area contributed by atoms with Gasteiger partial charge < -0.3 is 4.42 Å². The Kier molecular flexibility index (Phi) is 2.64. The van der Waals surface area contributed by atoms with Gasteiger partial charge in [-0.2, -0.15) is 0 Å². The van der Waals surface area contributed by atoms with E-state index in [0.29, 0.717) is 0 Å². The fourth-order valence-electron chi connectivity index (χ4n) is 2.65.